The zero-order valence-electron chi connectivity index (χ0n) is 12.1. The number of nitrogens with zero attached hydrogens (tertiary/aromatic N) is 1. The van der Waals surface area contributed by atoms with E-state index in [0.717, 1.165) is 25.8 Å². The SMILES string of the molecule is CCNC(CC)CCCN1C(=O)CC(C)(C)C1=O. The van der Waals surface area contributed by atoms with Crippen molar-refractivity contribution in [3.8, 4) is 0 Å². The number of amides is 2. The van der Waals surface area contributed by atoms with Crippen LogP contribution in [0.3, 0.4) is 0 Å². The Kier molecular flexibility index (Phi) is 5.32. The van der Waals surface area contributed by atoms with E-state index >= 15 is 0 Å². The lowest BCUT2D eigenvalue weighted by molar-refractivity contribution is -0.140. The van der Waals surface area contributed by atoms with Crippen molar-refractivity contribution in [1.29, 1.82) is 0 Å². The van der Waals surface area contributed by atoms with Crippen LogP contribution in [0.4, 0.5) is 0 Å². The van der Waals surface area contributed by atoms with Crippen molar-refractivity contribution in [2.75, 3.05) is 13.1 Å². The van der Waals surface area contributed by atoms with E-state index in [1.165, 1.54) is 4.90 Å². The molecule has 18 heavy (non-hydrogen) atoms. The highest BCUT2D eigenvalue weighted by Crippen LogP contribution is 2.31. The number of hydrogen-bond acceptors (Lipinski definition) is 3. The first-order chi connectivity index (χ1) is 8.42. The molecule has 0 saturated carbocycles. The van der Waals surface area contributed by atoms with Crippen molar-refractivity contribution in [3.63, 3.8) is 0 Å². The van der Waals surface area contributed by atoms with Gasteiger partial charge >= 0.3 is 0 Å². The molecule has 0 aromatic rings. The molecule has 4 heteroatoms. The van der Waals surface area contributed by atoms with E-state index in [1.54, 1.807) is 0 Å². The summed E-state index contributed by atoms with van der Waals surface area (Å²) >= 11 is 0. The Labute approximate surface area is 110 Å². The summed E-state index contributed by atoms with van der Waals surface area (Å²) in [5, 5.41) is 3.41. The fourth-order valence-electron chi connectivity index (χ4n) is 2.49. The van der Waals surface area contributed by atoms with Crippen LogP contribution in [0.15, 0.2) is 0 Å². The van der Waals surface area contributed by atoms with Gasteiger partial charge in [-0.1, -0.05) is 27.7 Å². The van der Waals surface area contributed by atoms with Gasteiger partial charge in [0, 0.05) is 19.0 Å². The van der Waals surface area contributed by atoms with Crippen LogP contribution in [0.5, 0.6) is 0 Å². The molecule has 1 atom stereocenters. The second-order valence-electron chi connectivity index (χ2n) is 5.72. The summed E-state index contributed by atoms with van der Waals surface area (Å²) in [4.78, 5) is 25.2. The third-order valence-electron chi connectivity index (χ3n) is 3.64. The summed E-state index contributed by atoms with van der Waals surface area (Å²) in [5.41, 5.74) is -0.497. The van der Waals surface area contributed by atoms with Gasteiger partial charge in [-0.15, -0.1) is 0 Å². The highest BCUT2D eigenvalue weighted by molar-refractivity contribution is 6.05. The van der Waals surface area contributed by atoms with Gasteiger partial charge in [-0.2, -0.15) is 0 Å². The first kappa shape index (κ1) is 15.2. The molecule has 0 spiro atoms. The molecule has 1 aliphatic heterocycles. The molecule has 1 N–H and O–H groups in total. The maximum atomic E-state index is 12.0. The lowest BCUT2D eigenvalue weighted by Gasteiger charge is -2.20. The topological polar surface area (TPSA) is 49.4 Å². The standard InChI is InChI=1S/C14H26N2O2/c1-5-11(15-6-2)8-7-9-16-12(17)10-14(3,4)13(16)18/h11,15H,5-10H2,1-4H3. The molecule has 1 saturated heterocycles. The zero-order chi connectivity index (χ0) is 13.8. The van der Waals surface area contributed by atoms with Crippen molar-refractivity contribution in [2.24, 2.45) is 5.41 Å². The monoisotopic (exact) mass is 254 g/mol. The van der Waals surface area contributed by atoms with Crippen molar-refractivity contribution in [2.45, 2.75) is 59.4 Å². The Morgan fingerprint density at radius 2 is 2.00 bits per heavy atom. The minimum absolute atomic E-state index is 0.0102. The van der Waals surface area contributed by atoms with E-state index < -0.39 is 5.41 Å². The molecule has 1 fully saturated rings. The normalized spacial score (nSPS) is 20.6. The van der Waals surface area contributed by atoms with Crippen molar-refractivity contribution >= 4 is 11.8 Å². The highest BCUT2D eigenvalue weighted by Gasteiger charge is 2.44. The first-order valence-corrected chi connectivity index (χ1v) is 7.00. The van der Waals surface area contributed by atoms with Gasteiger partial charge in [-0.25, -0.2) is 0 Å². The van der Waals surface area contributed by atoms with Crippen LogP contribution >= 0.6 is 0 Å². The third kappa shape index (κ3) is 3.55. The molecule has 0 aliphatic carbocycles. The van der Waals surface area contributed by atoms with E-state index in [9.17, 15) is 9.59 Å². The van der Waals surface area contributed by atoms with Crippen LogP contribution < -0.4 is 5.32 Å². The second kappa shape index (κ2) is 6.32. The minimum atomic E-state index is -0.497. The summed E-state index contributed by atoms with van der Waals surface area (Å²) in [6.45, 7) is 9.48. The number of likely N-dealkylation sites (tertiary alicyclic amines) is 1. The van der Waals surface area contributed by atoms with Crippen LogP contribution in [0, 0.1) is 5.41 Å². The number of nitrogens with one attached hydrogen (secondary N) is 1. The first-order valence-electron chi connectivity index (χ1n) is 7.00. The average molecular weight is 254 g/mol. The molecular weight excluding hydrogens is 228 g/mol. The maximum Gasteiger partial charge on any atom is 0.235 e. The number of carbonyl (C=O) groups excluding carboxylic acids is 2. The molecule has 1 heterocycles. The fourth-order valence-corrected chi connectivity index (χ4v) is 2.49. The quantitative estimate of drug-likeness (QED) is 0.706. The number of imide groups is 1. The second-order valence-corrected chi connectivity index (χ2v) is 5.72. The van der Waals surface area contributed by atoms with Crippen molar-refractivity contribution in [3.05, 3.63) is 0 Å². The predicted molar refractivity (Wildman–Crippen MR) is 72.1 cm³/mol. The Balaban J connectivity index is 2.40. The third-order valence-corrected chi connectivity index (χ3v) is 3.64. The molecule has 4 nitrogen and oxygen atoms in total. The molecular formula is C14H26N2O2. The molecule has 0 aromatic heterocycles. The van der Waals surface area contributed by atoms with E-state index in [1.807, 2.05) is 13.8 Å². The van der Waals surface area contributed by atoms with Crippen LogP contribution in [0.1, 0.15) is 53.4 Å². The molecule has 2 amide bonds. The Morgan fingerprint density at radius 3 is 2.44 bits per heavy atom. The van der Waals surface area contributed by atoms with Crippen LogP contribution in [0.25, 0.3) is 0 Å². The molecule has 104 valence electrons. The van der Waals surface area contributed by atoms with E-state index in [-0.39, 0.29) is 11.8 Å². The lowest BCUT2D eigenvalue weighted by Crippen LogP contribution is -2.35. The largest absolute Gasteiger partial charge is 0.314 e. The lowest BCUT2D eigenvalue weighted by atomic mass is 9.92. The average Bonchev–Trinajstić information content (AvgIpc) is 2.49. The summed E-state index contributed by atoms with van der Waals surface area (Å²) in [7, 11) is 0. The van der Waals surface area contributed by atoms with Gasteiger partial charge in [-0.3, -0.25) is 14.5 Å². The van der Waals surface area contributed by atoms with Gasteiger partial charge in [-0.05, 0) is 25.8 Å². The van der Waals surface area contributed by atoms with Crippen LogP contribution in [0.2, 0.25) is 0 Å². The maximum absolute atomic E-state index is 12.0. The van der Waals surface area contributed by atoms with E-state index in [0.29, 0.717) is 19.0 Å². The summed E-state index contributed by atoms with van der Waals surface area (Å²) in [5.74, 6) is -0.0227. The fraction of sp³-hybridized carbons (Fsp3) is 0.857. The van der Waals surface area contributed by atoms with Gasteiger partial charge in [0.25, 0.3) is 0 Å². The van der Waals surface area contributed by atoms with E-state index in [4.69, 9.17) is 0 Å². The summed E-state index contributed by atoms with van der Waals surface area (Å²) in [6, 6.07) is 0.496. The minimum Gasteiger partial charge on any atom is -0.314 e. The Morgan fingerprint density at radius 1 is 1.33 bits per heavy atom. The van der Waals surface area contributed by atoms with Crippen molar-refractivity contribution in [1.82, 2.24) is 10.2 Å². The molecule has 1 rings (SSSR count). The van der Waals surface area contributed by atoms with Crippen molar-refractivity contribution < 1.29 is 9.59 Å². The molecule has 0 aromatic carbocycles. The van der Waals surface area contributed by atoms with Gasteiger partial charge in [0.05, 0.1) is 5.41 Å². The van der Waals surface area contributed by atoms with Gasteiger partial charge in [0.15, 0.2) is 0 Å². The van der Waals surface area contributed by atoms with Crippen LogP contribution in [-0.4, -0.2) is 35.8 Å². The van der Waals surface area contributed by atoms with Gasteiger partial charge in [0.1, 0.15) is 0 Å². The zero-order valence-corrected chi connectivity index (χ0v) is 12.1. The smallest absolute Gasteiger partial charge is 0.235 e. The summed E-state index contributed by atoms with van der Waals surface area (Å²) < 4.78 is 0. The highest BCUT2D eigenvalue weighted by atomic mass is 16.2. The Bertz CT molecular complexity index is 313. The van der Waals surface area contributed by atoms with Gasteiger partial charge in [0.2, 0.25) is 11.8 Å². The van der Waals surface area contributed by atoms with E-state index in [2.05, 4.69) is 19.2 Å². The molecule has 0 bridgehead atoms. The molecule has 1 unspecified atom stereocenters. The summed E-state index contributed by atoms with van der Waals surface area (Å²) in [6.07, 6.45) is 3.35. The van der Waals surface area contributed by atoms with Gasteiger partial charge < -0.3 is 5.32 Å². The number of carbonyl (C=O) groups is 2. The van der Waals surface area contributed by atoms with Crippen LogP contribution in [-0.2, 0) is 9.59 Å². The number of rotatable bonds is 7. The molecule has 0 radical (unpaired) electrons. The number of hydrogen-bond donors (Lipinski definition) is 1. The predicted octanol–water partition coefficient (Wildman–Crippen LogP) is 1.94. The molecule has 1 aliphatic rings. The Hall–Kier alpha value is -0.900.